The van der Waals surface area contributed by atoms with Crippen LogP contribution in [0.25, 0.3) is 11.1 Å². The van der Waals surface area contributed by atoms with Crippen LogP contribution >= 0.6 is 0 Å². The van der Waals surface area contributed by atoms with Gasteiger partial charge in [-0.3, -0.25) is 0 Å². The highest BCUT2D eigenvalue weighted by atomic mass is 16.6. The lowest BCUT2D eigenvalue weighted by Gasteiger charge is -2.12. The first-order chi connectivity index (χ1) is 9.08. The minimum Gasteiger partial charge on any atom is -0.504 e. The van der Waals surface area contributed by atoms with Crippen LogP contribution in [0.2, 0.25) is 0 Å². The summed E-state index contributed by atoms with van der Waals surface area (Å²) in [6, 6.07) is 14.6. The molecule has 0 bridgehead atoms. The molecule has 0 radical (unpaired) electrons. The molecule has 0 aliphatic carbocycles. The fourth-order valence-electron chi connectivity index (χ4n) is 1.59. The molecule has 0 atom stereocenters. The molecule has 4 nitrogen and oxygen atoms in total. The van der Waals surface area contributed by atoms with Gasteiger partial charge in [-0.2, -0.15) is 0 Å². The Labute approximate surface area is 111 Å². The molecule has 0 aliphatic heterocycles. The molecular weight excluding hydrogens is 242 g/mol. The van der Waals surface area contributed by atoms with Gasteiger partial charge in [0.15, 0.2) is 11.5 Å². The first kappa shape index (κ1) is 13.0. The van der Waals surface area contributed by atoms with E-state index in [4.69, 9.17) is 4.74 Å². The lowest BCUT2D eigenvalue weighted by Crippen LogP contribution is -2.25. The highest BCUT2D eigenvalue weighted by Gasteiger charge is 2.11. The first-order valence-corrected chi connectivity index (χ1v) is 5.85. The molecule has 0 unspecified atom stereocenters. The molecule has 0 saturated heterocycles. The van der Waals surface area contributed by atoms with Gasteiger partial charge in [0.2, 0.25) is 0 Å². The average Bonchev–Trinajstić information content (AvgIpc) is 2.42. The maximum absolute atomic E-state index is 11.5. The van der Waals surface area contributed by atoms with Gasteiger partial charge < -0.3 is 14.7 Å². The minimum atomic E-state index is -0.527. The number of nitrogens with zero attached hydrogens (tertiary/aromatic N) is 1. The van der Waals surface area contributed by atoms with Crippen LogP contribution in [0.1, 0.15) is 0 Å². The molecule has 1 amide bonds. The Morgan fingerprint density at radius 1 is 1.05 bits per heavy atom. The van der Waals surface area contributed by atoms with E-state index in [2.05, 4.69) is 0 Å². The molecule has 2 rings (SSSR count). The standard InChI is InChI=1S/C15H15NO3/c1-16(2)15(18)19-14-10-12(8-9-13(14)17)11-6-4-3-5-7-11/h3-10,17H,1-2H3. The van der Waals surface area contributed by atoms with E-state index >= 15 is 0 Å². The molecule has 19 heavy (non-hydrogen) atoms. The molecule has 0 saturated carbocycles. The molecule has 4 heteroatoms. The quantitative estimate of drug-likeness (QED) is 0.899. The summed E-state index contributed by atoms with van der Waals surface area (Å²) in [7, 11) is 3.17. The number of phenols is 1. The summed E-state index contributed by atoms with van der Waals surface area (Å²) in [6.07, 6.45) is -0.527. The van der Waals surface area contributed by atoms with Crippen molar-refractivity contribution in [3.05, 3.63) is 48.5 Å². The van der Waals surface area contributed by atoms with Crippen LogP contribution in [0.4, 0.5) is 4.79 Å². The van der Waals surface area contributed by atoms with E-state index < -0.39 is 6.09 Å². The second-order valence-corrected chi connectivity index (χ2v) is 4.31. The van der Waals surface area contributed by atoms with Crippen molar-refractivity contribution < 1.29 is 14.6 Å². The first-order valence-electron chi connectivity index (χ1n) is 5.85. The normalized spacial score (nSPS) is 10.0. The number of aromatic hydroxyl groups is 1. The Kier molecular flexibility index (Phi) is 3.71. The Morgan fingerprint density at radius 3 is 2.37 bits per heavy atom. The topological polar surface area (TPSA) is 49.8 Å². The number of amides is 1. The highest BCUT2D eigenvalue weighted by molar-refractivity contribution is 5.73. The summed E-state index contributed by atoms with van der Waals surface area (Å²) in [6.45, 7) is 0. The minimum absolute atomic E-state index is 0.0603. The van der Waals surface area contributed by atoms with Gasteiger partial charge in [-0.25, -0.2) is 4.79 Å². The zero-order chi connectivity index (χ0) is 13.8. The molecule has 0 aromatic heterocycles. The number of hydrogen-bond acceptors (Lipinski definition) is 3. The van der Waals surface area contributed by atoms with Gasteiger partial charge in [0.1, 0.15) is 0 Å². The molecular formula is C15H15NO3. The lowest BCUT2D eigenvalue weighted by atomic mass is 10.1. The number of carbonyl (C=O) groups excluding carboxylic acids is 1. The van der Waals surface area contributed by atoms with Crippen molar-refractivity contribution in [1.82, 2.24) is 4.90 Å². The molecule has 0 heterocycles. The molecule has 98 valence electrons. The van der Waals surface area contributed by atoms with E-state index in [-0.39, 0.29) is 11.5 Å². The van der Waals surface area contributed by atoms with Crippen molar-refractivity contribution in [2.24, 2.45) is 0 Å². The third-order valence-electron chi connectivity index (χ3n) is 2.63. The summed E-state index contributed by atoms with van der Waals surface area (Å²) >= 11 is 0. The number of phenolic OH excluding ortho intramolecular Hbond substituents is 1. The van der Waals surface area contributed by atoms with Gasteiger partial charge in [-0.15, -0.1) is 0 Å². The van der Waals surface area contributed by atoms with Gasteiger partial charge in [-0.05, 0) is 23.3 Å². The van der Waals surface area contributed by atoms with Crippen LogP contribution in [0, 0.1) is 0 Å². The maximum atomic E-state index is 11.5. The van der Waals surface area contributed by atoms with Gasteiger partial charge >= 0.3 is 6.09 Å². The van der Waals surface area contributed by atoms with E-state index in [1.54, 1.807) is 26.2 Å². The maximum Gasteiger partial charge on any atom is 0.414 e. The predicted octanol–water partition coefficient (Wildman–Crippen LogP) is 3.12. The monoisotopic (exact) mass is 257 g/mol. The largest absolute Gasteiger partial charge is 0.504 e. The van der Waals surface area contributed by atoms with Crippen LogP contribution in [0.3, 0.4) is 0 Å². The SMILES string of the molecule is CN(C)C(=O)Oc1cc(-c2ccccc2)ccc1O. The molecule has 0 spiro atoms. The lowest BCUT2D eigenvalue weighted by molar-refractivity contribution is 0.170. The number of ether oxygens (including phenoxy) is 1. The van der Waals surface area contributed by atoms with Gasteiger partial charge in [0, 0.05) is 14.1 Å². The summed E-state index contributed by atoms with van der Waals surface area (Å²) in [5.41, 5.74) is 1.87. The molecule has 2 aromatic carbocycles. The van der Waals surface area contributed by atoms with E-state index in [1.807, 2.05) is 30.3 Å². The second kappa shape index (κ2) is 5.44. The fraction of sp³-hybridized carbons (Fsp3) is 0.133. The van der Waals surface area contributed by atoms with Gasteiger partial charge in [0.25, 0.3) is 0 Å². The third-order valence-corrected chi connectivity index (χ3v) is 2.63. The smallest absolute Gasteiger partial charge is 0.414 e. The van der Waals surface area contributed by atoms with E-state index in [9.17, 15) is 9.90 Å². The molecule has 1 N–H and O–H groups in total. The highest BCUT2D eigenvalue weighted by Crippen LogP contribution is 2.31. The van der Waals surface area contributed by atoms with Crippen molar-refractivity contribution in [2.75, 3.05) is 14.1 Å². The summed E-state index contributed by atoms with van der Waals surface area (Å²) in [5, 5.41) is 9.72. The summed E-state index contributed by atoms with van der Waals surface area (Å²) in [5.74, 6) is 0.0925. The van der Waals surface area contributed by atoms with E-state index in [0.717, 1.165) is 11.1 Å². The van der Waals surface area contributed by atoms with E-state index in [1.165, 1.54) is 11.0 Å². The van der Waals surface area contributed by atoms with Crippen LogP contribution in [-0.4, -0.2) is 30.2 Å². The Morgan fingerprint density at radius 2 is 1.74 bits per heavy atom. The Balaban J connectivity index is 2.33. The van der Waals surface area contributed by atoms with Crippen molar-refractivity contribution in [3.63, 3.8) is 0 Å². The van der Waals surface area contributed by atoms with Crippen molar-refractivity contribution in [1.29, 1.82) is 0 Å². The van der Waals surface area contributed by atoms with Crippen LogP contribution in [0.5, 0.6) is 11.5 Å². The Hall–Kier alpha value is -2.49. The number of hydrogen-bond donors (Lipinski definition) is 1. The van der Waals surface area contributed by atoms with Crippen LogP contribution < -0.4 is 4.74 Å². The number of rotatable bonds is 2. The van der Waals surface area contributed by atoms with Crippen molar-refractivity contribution >= 4 is 6.09 Å². The van der Waals surface area contributed by atoms with Crippen molar-refractivity contribution in [3.8, 4) is 22.6 Å². The van der Waals surface area contributed by atoms with Gasteiger partial charge in [0.05, 0.1) is 0 Å². The predicted molar refractivity (Wildman–Crippen MR) is 73.3 cm³/mol. The number of benzene rings is 2. The molecule has 0 aliphatic rings. The summed E-state index contributed by atoms with van der Waals surface area (Å²) in [4.78, 5) is 12.8. The Bertz CT molecular complexity index is 579. The third kappa shape index (κ3) is 3.04. The zero-order valence-electron chi connectivity index (χ0n) is 10.8. The van der Waals surface area contributed by atoms with Gasteiger partial charge in [-0.1, -0.05) is 36.4 Å². The fourth-order valence-corrected chi connectivity index (χ4v) is 1.59. The molecule has 2 aromatic rings. The van der Waals surface area contributed by atoms with Crippen molar-refractivity contribution in [2.45, 2.75) is 0 Å². The second-order valence-electron chi connectivity index (χ2n) is 4.31. The van der Waals surface area contributed by atoms with E-state index in [0.29, 0.717) is 0 Å². The molecule has 0 fully saturated rings. The average molecular weight is 257 g/mol. The summed E-state index contributed by atoms with van der Waals surface area (Å²) < 4.78 is 5.11. The number of carbonyl (C=O) groups is 1. The zero-order valence-corrected chi connectivity index (χ0v) is 10.8. The van der Waals surface area contributed by atoms with Crippen LogP contribution in [-0.2, 0) is 0 Å². The van der Waals surface area contributed by atoms with Crippen LogP contribution in [0.15, 0.2) is 48.5 Å².